The summed E-state index contributed by atoms with van der Waals surface area (Å²) in [4.78, 5) is 11.6. The van der Waals surface area contributed by atoms with Crippen molar-refractivity contribution in [2.24, 2.45) is 0 Å². The van der Waals surface area contributed by atoms with Gasteiger partial charge in [-0.3, -0.25) is 0 Å². The predicted molar refractivity (Wildman–Crippen MR) is 88.6 cm³/mol. The van der Waals surface area contributed by atoms with Crippen LogP contribution in [0.1, 0.15) is 10.4 Å². The molecule has 0 bridgehead atoms. The molecule has 0 radical (unpaired) electrons. The van der Waals surface area contributed by atoms with E-state index in [0.29, 0.717) is 5.69 Å². The molecule has 3 nitrogen and oxygen atoms in total. The molecule has 3 heteroatoms. The molecule has 0 heterocycles. The van der Waals surface area contributed by atoms with Crippen molar-refractivity contribution < 1.29 is 9.90 Å². The lowest BCUT2D eigenvalue weighted by atomic mass is 9.99. The number of aromatic carboxylic acids is 1. The van der Waals surface area contributed by atoms with Crippen LogP contribution in [0.15, 0.2) is 78.9 Å². The van der Waals surface area contributed by atoms with Crippen LogP contribution in [-0.4, -0.2) is 11.1 Å². The van der Waals surface area contributed by atoms with Gasteiger partial charge in [-0.15, -0.1) is 0 Å². The molecule has 0 atom stereocenters. The third kappa shape index (κ3) is 2.83. The Morgan fingerprint density at radius 2 is 1.41 bits per heavy atom. The Morgan fingerprint density at radius 1 is 0.773 bits per heavy atom. The molecule has 22 heavy (non-hydrogen) atoms. The van der Waals surface area contributed by atoms with Gasteiger partial charge in [0.2, 0.25) is 0 Å². The van der Waals surface area contributed by atoms with E-state index < -0.39 is 5.97 Å². The van der Waals surface area contributed by atoms with Crippen molar-refractivity contribution in [2.75, 3.05) is 5.32 Å². The molecule has 108 valence electrons. The first-order valence-electron chi connectivity index (χ1n) is 6.99. The minimum Gasteiger partial charge on any atom is -0.478 e. The molecule has 0 aliphatic rings. The average molecular weight is 289 g/mol. The highest BCUT2D eigenvalue weighted by Gasteiger charge is 2.15. The highest BCUT2D eigenvalue weighted by atomic mass is 16.4. The Kier molecular flexibility index (Phi) is 3.88. The van der Waals surface area contributed by atoms with E-state index in [0.717, 1.165) is 16.8 Å². The van der Waals surface area contributed by atoms with Gasteiger partial charge >= 0.3 is 5.97 Å². The smallest absolute Gasteiger partial charge is 0.337 e. The number of benzene rings is 3. The summed E-state index contributed by atoms with van der Waals surface area (Å²) in [6, 6.07) is 24.6. The topological polar surface area (TPSA) is 49.3 Å². The maximum Gasteiger partial charge on any atom is 0.337 e. The quantitative estimate of drug-likeness (QED) is 0.725. The molecule has 0 aromatic heterocycles. The monoisotopic (exact) mass is 289 g/mol. The summed E-state index contributed by atoms with van der Waals surface area (Å²) in [6.45, 7) is 0. The zero-order valence-corrected chi connectivity index (χ0v) is 11.9. The van der Waals surface area contributed by atoms with E-state index in [1.54, 1.807) is 12.1 Å². The maximum absolute atomic E-state index is 11.6. The van der Waals surface area contributed by atoms with Crippen LogP contribution in [-0.2, 0) is 0 Å². The lowest BCUT2D eigenvalue weighted by molar-refractivity contribution is 0.0698. The molecule has 0 saturated heterocycles. The zero-order chi connectivity index (χ0) is 15.4. The third-order valence-corrected chi connectivity index (χ3v) is 3.42. The number of anilines is 2. The van der Waals surface area contributed by atoms with Gasteiger partial charge in [0.25, 0.3) is 0 Å². The van der Waals surface area contributed by atoms with E-state index in [1.165, 1.54) is 0 Å². The van der Waals surface area contributed by atoms with Gasteiger partial charge < -0.3 is 10.4 Å². The van der Waals surface area contributed by atoms with E-state index >= 15 is 0 Å². The largest absolute Gasteiger partial charge is 0.478 e. The first-order valence-corrected chi connectivity index (χ1v) is 6.99. The van der Waals surface area contributed by atoms with E-state index in [1.807, 2.05) is 66.7 Å². The number of rotatable bonds is 4. The normalized spacial score (nSPS) is 10.2. The van der Waals surface area contributed by atoms with Crippen LogP contribution in [0.5, 0.6) is 0 Å². The number of carboxylic acid groups (broad SMARTS) is 1. The standard InChI is InChI=1S/C19H15NO2/c21-19(22)17-13-7-12-16(14-8-3-1-4-9-14)18(17)20-15-10-5-2-6-11-15/h1-13,20H,(H,21,22). The first kappa shape index (κ1) is 13.9. The van der Waals surface area contributed by atoms with E-state index in [9.17, 15) is 9.90 Å². The van der Waals surface area contributed by atoms with Crippen molar-refractivity contribution in [3.8, 4) is 11.1 Å². The van der Waals surface area contributed by atoms with Crippen LogP contribution in [0, 0.1) is 0 Å². The maximum atomic E-state index is 11.6. The van der Waals surface area contributed by atoms with Gasteiger partial charge in [-0.25, -0.2) is 4.79 Å². The van der Waals surface area contributed by atoms with E-state index in [2.05, 4.69) is 5.32 Å². The summed E-state index contributed by atoms with van der Waals surface area (Å²) in [5, 5.41) is 12.7. The lowest BCUT2D eigenvalue weighted by Gasteiger charge is -2.15. The molecule has 0 amide bonds. The molecular weight excluding hydrogens is 274 g/mol. The van der Waals surface area contributed by atoms with Gasteiger partial charge in [0.15, 0.2) is 0 Å². The molecular formula is C19H15NO2. The summed E-state index contributed by atoms with van der Waals surface area (Å²) in [6.07, 6.45) is 0. The Bertz CT molecular complexity index is 783. The second-order valence-corrected chi connectivity index (χ2v) is 4.89. The van der Waals surface area contributed by atoms with E-state index in [4.69, 9.17) is 0 Å². The molecule has 0 fully saturated rings. The molecule has 0 aliphatic carbocycles. The van der Waals surface area contributed by atoms with Crippen LogP contribution < -0.4 is 5.32 Å². The van der Waals surface area contributed by atoms with Gasteiger partial charge in [-0.2, -0.15) is 0 Å². The predicted octanol–water partition coefficient (Wildman–Crippen LogP) is 4.80. The molecule has 3 rings (SSSR count). The highest BCUT2D eigenvalue weighted by molar-refractivity contribution is 6.00. The van der Waals surface area contributed by atoms with Crippen molar-refractivity contribution in [3.63, 3.8) is 0 Å². The van der Waals surface area contributed by atoms with Gasteiger partial charge in [-0.1, -0.05) is 60.7 Å². The molecule has 0 spiro atoms. The average Bonchev–Trinajstić information content (AvgIpc) is 2.56. The third-order valence-electron chi connectivity index (χ3n) is 3.42. The van der Waals surface area contributed by atoms with Gasteiger partial charge in [0.1, 0.15) is 0 Å². The molecule has 3 aromatic carbocycles. The van der Waals surface area contributed by atoms with Crippen LogP contribution >= 0.6 is 0 Å². The second-order valence-electron chi connectivity index (χ2n) is 4.89. The zero-order valence-electron chi connectivity index (χ0n) is 11.9. The number of para-hydroxylation sites is 2. The number of nitrogens with one attached hydrogen (secondary N) is 1. The van der Waals surface area contributed by atoms with Gasteiger partial charge in [0, 0.05) is 11.3 Å². The molecule has 0 unspecified atom stereocenters. The Balaban J connectivity index is 2.14. The molecule has 0 aliphatic heterocycles. The molecule has 3 aromatic rings. The Morgan fingerprint density at radius 3 is 2.05 bits per heavy atom. The molecule has 2 N–H and O–H groups in total. The van der Waals surface area contributed by atoms with Crippen molar-refractivity contribution in [1.82, 2.24) is 0 Å². The van der Waals surface area contributed by atoms with Crippen molar-refractivity contribution >= 4 is 17.3 Å². The summed E-state index contributed by atoms with van der Waals surface area (Å²) in [7, 11) is 0. The SMILES string of the molecule is O=C(O)c1cccc(-c2ccccc2)c1Nc1ccccc1. The van der Waals surface area contributed by atoms with Crippen molar-refractivity contribution in [1.29, 1.82) is 0 Å². The van der Waals surface area contributed by atoms with Crippen LogP contribution in [0.4, 0.5) is 11.4 Å². The highest BCUT2D eigenvalue weighted by Crippen LogP contribution is 2.33. The minimum absolute atomic E-state index is 0.255. The number of carboxylic acids is 1. The summed E-state index contributed by atoms with van der Waals surface area (Å²) in [5.74, 6) is -0.948. The molecule has 0 saturated carbocycles. The Labute approximate surface area is 128 Å². The number of hydrogen-bond donors (Lipinski definition) is 2. The van der Waals surface area contributed by atoms with Crippen LogP contribution in [0.2, 0.25) is 0 Å². The van der Waals surface area contributed by atoms with Crippen molar-refractivity contribution in [2.45, 2.75) is 0 Å². The number of hydrogen-bond acceptors (Lipinski definition) is 2. The van der Waals surface area contributed by atoms with Gasteiger partial charge in [0.05, 0.1) is 11.3 Å². The summed E-state index contributed by atoms with van der Waals surface area (Å²) in [5.41, 5.74) is 3.55. The summed E-state index contributed by atoms with van der Waals surface area (Å²) >= 11 is 0. The van der Waals surface area contributed by atoms with Crippen LogP contribution in [0.25, 0.3) is 11.1 Å². The summed E-state index contributed by atoms with van der Waals surface area (Å²) < 4.78 is 0. The Hall–Kier alpha value is -3.07. The lowest BCUT2D eigenvalue weighted by Crippen LogP contribution is -2.04. The van der Waals surface area contributed by atoms with E-state index in [-0.39, 0.29) is 5.56 Å². The number of carbonyl (C=O) groups is 1. The second kappa shape index (κ2) is 6.14. The fourth-order valence-electron chi connectivity index (χ4n) is 2.39. The fourth-order valence-corrected chi connectivity index (χ4v) is 2.39. The fraction of sp³-hybridized carbons (Fsp3) is 0. The van der Waals surface area contributed by atoms with Gasteiger partial charge in [-0.05, 0) is 23.8 Å². The van der Waals surface area contributed by atoms with Crippen molar-refractivity contribution in [3.05, 3.63) is 84.4 Å². The minimum atomic E-state index is -0.948. The van der Waals surface area contributed by atoms with Crippen LogP contribution in [0.3, 0.4) is 0 Å². The first-order chi connectivity index (χ1) is 10.8.